The van der Waals surface area contributed by atoms with Gasteiger partial charge in [0.25, 0.3) is 5.91 Å². The number of fused-ring (bicyclic) bond motifs is 1. The van der Waals surface area contributed by atoms with Gasteiger partial charge >= 0.3 is 0 Å². The number of carbonyl (C=O) groups is 1. The number of likely N-dealkylation sites (tertiary alicyclic amines) is 1. The van der Waals surface area contributed by atoms with E-state index < -0.39 is 0 Å². The number of amides is 1. The van der Waals surface area contributed by atoms with Crippen LogP contribution in [0.15, 0.2) is 30.6 Å². The van der Waals surface area contributed by atoms with Gasteiger partial charge in [-0.15, -0.1) is 0 Å². The normalized spacial score (nSPS) is 17.8. The van der Waals surface area contributed by atoms with E-state index in [2.05, 4.69) is 10.1 Å². The first-order chi connectivity index (χ1) is 11.6. The van der Waals surface area contributed by atoms with Crippen molar-refractivity contribution in [1.82, 2.24) is 24.1 Å². The van der Waals surface area contributed by atoms with Crippen LogP contribution in [0.3, 0.4) is 0 Å². The van der Waals surface area contributed by atoms with Crippen LogP contribution >= 0.6 is 11.6 Å². The maximum Gasteiger partial charge on any atom is 0.274 e. The van der Waals surface area contributed by atoms with Crippen LogP contribution in [-0.4, -0.2) is 36.5 Å². The second-order valence-corrected chi connectivity index (χ2v) is 6.52. The van der Waals surface area contributed by atoms with Gasteiger partial charge in [0.05, 0.1) is 11.7 Å². The van der Waals surface area contributed by atoms with Crippen LogP contribution in [0.1, 0.15) is 40.6 Å². The van der Waals surface area contributed by atoms with Crippen molar-refractivity contribution >= 4 is 23.2 Å². The van der Waals surface area contributed by atoms with Gasteiger partial charge in [0.15, 0.2) is 0 Å². The molecule has 0 saturated carbocycles. The van der Waals surface area contributed by atoms with Gasteiger partial charge in [-0.25, -0.2) is 4.98 Å². The van der Waals surface area contributed by atoms with Crippen LogP contribution in [0.4, 0.5) is 0 Å². The summed E-state index contributed by atoms with van der Waals surface area (Å²) in [6, 6.07) is 5.68. The molecule has 24 heavy (non-hydrogen) atoms. The molecule has 7 heteroatoms. The highest BCUT2D eigenvalue weighted by Gasteiger charge is 2.35. The Hall–Kier alpha value is -2.34. The molecule has 1 saturated heterocycles. The van der Waals surface area contributed by atoms with Crippen LogP contribution in [0.2, 0.25) is 5.15 Å². The fourth-order valence-corrected chi connectivity index (χ4v) is 3.82. The van der Waals surface area contributed by atoms with E-state index in [1.807, 2.05) is 47.7 Å². The topological polar surface area (TPSA) is 55.4 Å². The monoisotopic (exact) mass is 343 g/mol. The fraction of sp³-hybridized carbons (Fsp3) is 0.353. The summed E-state index contributed by atoms with van der Waals surface area (Å²) in [5.41, 5.74) is 3.06. The molecule has 0 spiro atoms. The Morgan fingerprint density at radius 3 is 2.92 bits per heavy atom. The largest absolute Gasteiger partial charge is 0.330 e. The molecule has 4 rings (SSSR count). The first-order valence-electron chi connectivity index (χ1n) is 8.00. The molecule has 3 aromatic heterocycles. The van der Waals surface area contributed by atoms with Gasteiger partial charge in [-0.05, 0) is 31.9 Å². The molecule has 0 N–H and O–H groups in total. The number of hydrogen-bond donors (Lipinski definition) is 0. The van der Waals surface area contributed by atoms with Crippen molar-refractivity contribution in [2.24, 2.45) is 7.05 Å². The Morgan fingerprint density at radius 2 is 2.21 bits per heavy atom. The van der Waals surface area contributed by atoms with Crippen molar-refractivity contribution in [2.45, 2.75) is 25.8 Å². The zero-order valence-electron chi connectivity index (χ0n) is 13.6. The second kappa shape index (κ2) is 5.63. The number of imidazole rings is 1. The summed E-state index contributed by atoms with van der Waals surface area (Å²) >= 11 is 6.42. The van der Waals surface area contributed by atoms with Gasteiger partial charge in [0.2, 0.25) is 0 Å². The number of aromatic nitrogens is 4. The molecular weight excluding hydrogens is 326 g/mol. The molecule has 1 amide bonds. The van der Waals surface area contributed by atoms with Gasteiger partial charge in [0.1, 0.15) is 16.5 Å². The number of halogens is 1. The van der Waals surface area contributed by atoms with E-state index in [0.717, 1.165) is 29.7 Å². The first-order valence-corrected chi connectivity index (χ1v) is 8.38. The highest BCUT2D eigenvalue weighted by molar-refractivity contribution is 6.30. The molecule has 1 aliphatic rings. The Morgan fingerprint density at radius 1 is 1.38 bits per heavy atom. The fourth-order valence-electron chi connectivity index (χ4n) is 3.52. The minimum Gasteiger partial charge on any atom is -0.330 e. The molecular formula is C17H18ClN5O. The summed E-state index contributed by atoms with van der Waals surface area (Å²) in [4.78, 5) is 19.3. The quantitative estimate of drug-likeness (QED) is 0.718. The Bertz CT molecular complexity index is 895. The number of nitrogens with zero attached hydrogens (tertiary/aromatic N) is 5. The molecule has 1 fully saturated rings. The molecule has 0 aromatic carbocycles. The first kappa shape index (κ1) is 15.2. The van der Waals surface area contributed by atoms with E-state index in [0.29, 0.717) is 17.4 Å². The molecule has 0 aliphatic carbocycles. The van der Waals surface area contributed by atoms with E-state index in [1.54, 1.807) is 10.9 Å². The summed E-state index contributed by atoms with van der Waals surface area (Å²) in [5.74, 6) is -0.0551. The third-order valence-electron chi connectivity index (χ3n) is 4.63. The van der Waals surface area contributed by atoms with Crippen molar-refractivity contribution in [1.29, 1.82) is 0 Å². The van der Waals surface area contributed by atoms with Crippen LogP contribution < -0.4 is 0 Å². The summed E-state index contributed by atoms with van der Waals surface area (Å²) in [6.45, 7) is 2.65. The van der Waals surface area contributed by atoms with E-state index >= 15 is 0 Å². The van der Waals surface area contributed by atoms with E-state index in [4.69, 9.17) is 11.6 Å². The average Bonchev–Trinajstić information content (AvgIpc) is 3.25. The maximum atomic E-state index is 13.0. The lowest BCUT2D eigenvalue weighted by atomic mass is 10.1. The van der Waals surface area contributed by atoms with Gasteiger partial charge in [0, 0.05) is 31.5 Å². The SMILES string of the molecule is Cc1nn(C)c(Cl)c1[C@H]1CCCN1C(=O)c1cn2ccccc2n1. The lowest BCUT2D eigenvalue weighted by Gasteiger charge is -2.24. The highest BCUT2D eigenvalue weighted by atomic mass is 35.5. The van der Waals surface area contributed by atoms with Gasteiger partial charge in [-0.1, -0.05) is 17.7 Å². The number of hydrogen-bond acceptors (Lipinski definition) is 3. The minimum atomic E-state index is -0.0551. The minimum absolute atomic E-state index is 0.0384. The lowest BCUT2D eigenvalue weighted by Crippen LogP contribution is -2.31. The maximum absolute atomic E-state index is 13.0. The van der Waals surface area contributed by atoms with Crippen molar-refractivity contribution in [2.75, 3.05) is 6.54 Å². The molecule has 1 aliphatic heterocycles. The summed E-state index contributed by atoms with van der Waals surface area (Å²) < 4.78 is 3.53. The number of aryl methyl sites for hydroxylation is 2. The van der Waals surface area contributed by atoms with Crippen LogP contribution in [0.5, 0.6) is 0 Å². The Labute approximate surface area is 144 Å². The molecule has 4 heterocycles. The summed E-state index contributed by atoms with van der Waals surface area (Å²) in [6.07, 6.45) is 5.52. The molecule has 124 valence electrons. The van der Waals surface area contributed by atoms with Crippen molar-refractivity contribution < 1.29 is 4.79 Å². The number of rotatable bonds is 2. The van der Waals surface area contributed by atoms with Crippen LogP contribution in [0, 0.1) is 6.92 Å². The van der Waals surface area contributed by atoms with Crippen molar-refractivity contribution in [3.8, 4) is 0 Å². The molecule has 0 unspecified atom stereocenters. The summed E-state index contributed by atoms with van der Waals surface area (Å²) in [7, 11) is 1.82. The predicted octanol–water partition coefficient (Wildman–Crippen LogP) is 3.01. The van der Waals surface area contributed by atoms with E-state index in [9.17, 15) is 4.79 Å². The van der Waals surface area contributed by atoms with Crippen LogP contribution in [-0.2, 0) is 7.05 Å². The summed E-state index contributed by atoms with van der Waals surface area (Å²) in [5, 5.41) is 4.99. The lowest BCUT2D eigenvalue weighted by molar-refractivity contribution is 0.0730. The van der Waals surface area contributed by atoms with Gasteiger partial charge in [-0.2, -0.15) is 5.10 Å². The standard InChI is InChI=1S/C17H18ClN5O/c1-11-15(16(18)21(2)20-11)13-6-5-9-23(13)17(24)12-10-22-8-4-3-7-14(22)19-12/h3-4,7-8,10,13H,5-6,9H2,1-2H3/t13-/m1/s1. The average molecular weight is 344 g/mol. The molecule has 0 radical (unpaired) electrons. The van der Waals surface area contributed by atoms with Gasteiger partial charge in [-0.3, -0.25) is 9.48 Å². The third kappa shape index (κ3) is 2.29. The number of carbonyl (C=O) groups excluding carboxylic acids is 1. The van der Waals surface area contributed by atoms with Crippen LogP contribution in [0.25, 0.3) is 5.65 Å². The van der Waals surface area contributed by atoms with E-state index in [1.165, 1.54) is 0 Å². The molecule has 3 aromatic rings. The van der Waals surface area contributed by atoms with Crippen molar-refractivity contribution in [3.63, 3.8) is 0 Å². The zero-order chi connectivity index (χ0) is 16.8. The Balaban J connectivity index is 1.70. The number of pyridine rings is 1. The Kier molecular flexibility index (Phi) is 3.57. The zero-order valence-corrected chi connectivity index (χ0v) is 14.4. The predicted molar refractivity (Wildman–Crippen MR) is 91.2 cm³/mol. The van der Waals surface area contributed by atoms with E-state index in [-0.39, 0.29) is 11.9 Å². The molecule has 1 atom stereocenters. The van der Waals surface area contributed by atoms with Crippen molar-refractivity contribution in [3.05, 3.63) is 52.7 Å². The highest BCUT2D eigenvalue weighted by Crippen LogP contribution is 2.38. The van der Waals surface area contributed by atoms with Gasteiger partial charge < -0.3 is 9.30 Å². The third-order valence-corrected chi connectivity index (χ3v) is 5.07. The molecule has 6 nitrogen and oxygen atoms in total. The molecule has 0 bridgehead atoms. The second-order valence-electron chi connectivity index (χ2n) is 6.16. The smallest absolute Gasteiger partial charge is 0.274 e.